The highest BCUT2D eigenvalue weighted by Crippen LogP contribution is 2.15. The molecule has 1 aliphatic rings. The summed E-state index contributed by atoms with van der Waals surface area (Å²) in [7, 11) is 0. The lowest BCUT2D eigenvalue weighted by molar-refractivity contribution is -0.364. The van der Waals surface area contributed by atoms with Gasteiger partial charge in [0.2, 0.25) is 0 Å². The van der Waals surface area contributed by atoms with Gasteiger partial charge in [-0.3, -0.25) is 9.69 Å². The Morgan fingerprint density at radius 1 is 1.09 bits per heavy atom. The number of H-pyrrole nitrogens is 1. The molecule has 120 valence electrons. The second-order valence-corrected chi connectivity index (χ2v) is 6.52. The Hall–Kier alpha value is -2.01. The third kappa shape index (κ3) is 3.85. The molecule has 1 aromatic heterocycles. The van der Waals surface area contributed by atoms with Crippen LogP contribution in [-0.2, 0) is 5.75 Å². The van der Waals surface area contributed by atoms with E-state index in [9.17, 15) is 4.79 Å². The molecule has 2 aromatic rings. The van der Waals surface area contributed by atoms with Crippen LogP contribution in [0.5, 0.6) is 0 Å². The predicted molar refractivity (Wildman–Crippen MR) is 94.8 cm³/mol. The van der Waals surface area contributed by atoms with Crippen molar-refractivity contribution in [3.05, 3.63) is 59.8 Å². The molecule has 0 aliphatic carbocycles. The van der Waals surface area contributed by atoms with Crippen molar-refractivity contribution in [1.82, 2.24) is 4.90 Å². The summed E-state index contributed by atoms with van der Waals surface area (Å²) >= 11 is 1.79. The molecule has 1 amide bonds. The van der Waals surface area contributed by atoms with Crippen LogP contribution in [0.15, 0.2) is 48.7 Å². The minimum Gasteiger partial charge on any atom is -0.331 e. The lowest BCUT2D eigenvalue weighted by atomic mass is 10.1. The van der Waals surface area contributed by atoms with Crippen LogP contribution < -0.4 is 9.88 Å². The number of piperazine rings is 1. The van der Waals surface area contributed by atoms with Gasteiger partial charge in [-0.2, -0.15) is 11.8 Å². The van der Waals surface area contributed by atoms with E-state index in [0.717, 1.165) is 43.3 Å². The summed E-state index contributed by atoms with van der Waals surface area (Å²) in [5.74, 6) is 2.24. The predicted octanol–water partition coefficient (Wildman–Crippen LogP) is 2.33. The zero-order valence-corrected chi connectivity index (χ0v) is 14.2. The molecule has 3 rings (SSSR count). The quantitative estimate of drug-likeness (QED) is 0.864. The zero-order chi connectivity index (χ0) is 16.1. The number of carbonyl (C=O) groups is 1. The minimum atomic E-state index is 0.136. The molecule has 4 nitrogen and oxygen atoms in total. The first-order valence-corrected chi connectivity index (χ1v) is 9.26. The zero-order valence-electron chi connectivity index (χ0n) is 13.4. The van der Waals surface area contributed by atoms with Gasteiger partial charge in [-0.15, -0.1) is 0 Å². The van der Waals surface area contributed by atoms with E-state index < -0.39 is 0 Å². The van der Waals surface area contributed by atoms with Gasteiger partial charge in [0.25, 0.3) is 11.7 Å². The number of benzene rings is 1. The fourth-order valence-electron chi connectivity index (χ4n) is 2.82. The van der Waals surface area contributed by atoms with Gasteiger partial charge >= 0.3 is 0 Å². The molecule has 0 radical (unpaired) electrons. The molecule has 1 N–H and O–H groups in total. The van der Waals surface area contributed by atoms with Gasteiger partial charge < -0.3 is 4.90 Å². The summed E-state index contributed by atoms with van der Waals surface area (Å²) in [6, 6.07) is 14.1. The van der Waals surface area contributed by atoms with E-state index in [4.69, 9.17) is 0 Å². The molecule has 0 unspecified atom stereocenters. The van der Waals surface area contributed by atoms with Crippen LogP contribution in [0.3, 0.4) is 0 Å². The maximum absolute atomic E-state index is 12.6. The van der Waals surface area contributed by atoms with E-state index in [2.05, 4.69) is 34.3 Å². The molecule has 1 fully saturated rings. The number of aromatic nitrogens is 1. The minimum absolute atomic E-state index is 0.136. The Bertz CT molecular complexity index is 637. The van der Waals surface area contributed by atoms with Crippen LogP contribution in [0.1, 0.15) is 15.9 Å². The number of hydrogen-bond donors (Lipinski definition) is 0. The fraction of sp³-hybridized carbons (Fsp3) is 0.333. The van der Waals surface area contributed by atoms with Gasteiger partial charge in [0.05, 0.1) is 19.3 Å². The van der Waals surface area contributed by atoms with E-state index in [1.165, 1.54) is 5.56 Å². The van der Waals surface area contributed by atoms with E-state index >= 15 is 0 Å². The van der Waals surface area contributed by atoms with Gasteiger partial charge in [-0.1, -0.05) is 18.2 Å². The largest absolute Gasteiger partial charge is 0.331 e. The highest BCUT2D eigenvalue weighted by molar-refractivity contribution is 7.97. The summed E-state index contributed by atoms with van der Waals surface area (Å²) in [4.78, 5) is 20.1. The van der Waals surface area contributed by atoms with Gasteiger partial charge in [-0.05, 0) is 30.0 Å². The summed E-state index contributed by atoms with van der Waals surface area (Å²) in [5, 5.41) is 0. The SMILES string of the molecule is CSCc1ccc(C(=O)N2CCN(c3cccc[nH+]3)CC2)cc1. The Morgan fingerprint density at radius 2 is 1.83 bits per heavy atom. The number of nitrogens with zero attached hydrogens (tertiary/aromatic N) is 2. The molecule has 0 atom stereocenters. The van der Waals surface area contributed by atoms with Crippen molar-refractivity contribution < 1.29 is 9.78 Å². The molecule has 2 heterocycles. The first-order valence-electron chi connectivity index (χ1n) is 7.87. The molecule has 0 saturated carbocycles. The molecule has 23 heavy (non-hydrogen) atoms. The van der Waals surface area contributed by atoms with E-state index in [-0.39, 0.29) is 5.91 Å². The van der Waals surface area contributed by atoms with Gasteiger partial charge in [0.1, 0.15) is 13.1 Å². The number of amides is 1. The topological polar surface area (TPSA) is 37.7 Å². The van der Waals surface area contributed by atoms with Gasteiger partial charge in [0.15, 0.2) is 0 Å². The molecule has 1 saturated heterocycles. The number of anilines is 1. The smallest absolute Gasteiger partial charge is 0.274 e. The van der Waals surface area contributed by atoms with Crippen molar-refractivity contribution in [3.63, 3.8) is 0 Å². The average Bonchev–Trinajstić information content (AvgIpc) is 2.63. The van der Waals surface area contributed by atoms with Gasteiger partial charge in [0, 0.05) is 17.4 Å². The Kier molecular flexibility index (Phi) is 5.18. The third-order valence-corrected chi connectivity index (χ3v) is 4.73. The summed E-state index contributed by atoms with van der Waals surface area (Å²) in [6.45, 7) is 3.23. The molecule has 1 aromatic carbocycles. The van der Waals surface area contributed by atoms with Gasteiger partial charge in [-0.25, -0.2) is 4.98 Å². The van der Waals surface area contributed by atoms with Crippen LogP contribution >= 0.6 is 11.8 Å². The van der Waals surface area contributed by atoms with E-state index in [1.807, 2.05) is 35.4 Å². The normalized spacial score (nSPS) is 14.8. The first kappa shape index (κ1) is 15.9. The summed E-state index contributed by atoms with van der Waals surface area (Å²) in [6.07, 6.45) is 4.02. The van der Waals surface area contributed by atoms with E-state index in [0.29, 0.717) is 0 Å². The second kappa shape index (κ2) is 7.51. The molecular formula is C18H22N3OS+. The fourth-order valence-corrected chi connectivity index (χ4v) is 3.35. The van der Waals surface area contributed by atoms with Crippen LogP contribution in [0.4, 0.5) is 5.82 Å². The van der Waals surface area contributed by atoms with Crippen LogP contribution in [0.25, 0.3) is 0 Å². The van der Waals surface area contributed by atoms with E-state index in [1.54, 1.807) is 11.8 Å². The van der Waals surface area contributed by atoms with Crippen LogP contribution in [-0.4, -0.2) is 43.2 Å². The summed E-state index contributed by atoms with van der Waals surface area (Å²) < 4.78 is 0. The van der Waals surface area contributed by atoms with Crippen molar-refractivity contribution in [2.24, 2.45) is 0 Å². The summed E-state index contributed by atoms with van der Waals surface area (Å²) in [5.41, 5.74) is 2.05. The highest BCUT2D eigenvalue weighted by Gasteiger charge is 2.26. The average molecular weight is 328 g/mol. The van der Waals surface area contributed by atoms with Crippen LogP contribution in [0.2, 0.25) is 0 Å². The number of aromatic amines is 1. The first-order chi connectivity index (χ1) is 11.3. The van der Waals surface area contributed by atoms with Crippen LogP contribution in [0, 0.1) is 0 Å². The Morgan fingerprint density at radius 3 is 2.43 bits per heavy atom. The monoisotopic (exact) mass is 328 g/mol. The van der Waals surface area contributed by atoms with Crippen molar-refractivity contribution in [2.75, 3.05) is 37.3 Å². The standard InChI is InChI=1S/C18H21N3OS/c1-23-14-15-5-7-16(8-6-15)18(22)21-12-10-20(11-13-21)17-4-2-3-9-19-17/h2-9H,10-14H2,1H3/p+1. The molecule has 0 spiro atoms. The lowest BCUT2D eigenvalue weighted by Gasteiger charge is -2.31. The molecular weight excluding hydrogens is 306 g/mol. The maximum Gasteiger partial charge on any atom is 0.274 e. The number of carbonyl (C=O) groups excluding carboxylic acids is 1. The second-order valence-electron chi connectivity index (χ2n) is 5.66. The third-order valence-electron chi connectivity index (χ3n) is 4.11. The van der Waals surface area contributed by atoms with Crippen molar-refractivity contribution in [1.29, 1.82) is 0 Å². The number of rotatable bonds is 4. The van der Waals surface area contributed by atoms with Crippen molar-refractivity contribution >= 4 is 23.5 Å². The number of nitrogens with one attached hydrogen (secondary N) is 1. The number of hydrogen-bond acceptors (Lipinski definition) is 3. The number of pyridine rings is 1. The number of thioether (sulfide) groups is 1. The Balaban J connectivity index is 1.59. The lowest BCUT2D eigenvalue weighted by Crippen LogP contribution is -2.50. The highest BCUT2D eigenvalue weighted by atomic mass is 32.2. The molecule has 5 heteroatoms. The molecule has 0 bridgehead atoms. The molecule has 1 aliphatic heterocycles. The maximum atomic E-state index is 12.6. The van der Waals surface area contributed by atoms with Crippen molar-refractivity contribution in [3.8, 4) is 0 Å². The Labute approximate surface area is 141 Å². The van der Waals surface area contributed by atoms with Crippen molar-refractivity contribution in [2.45, 2.75) is 5.75 Å².